The normalized spacial score (nSPS) is 19.7. The molecular formula is C10H13NO3S2. The van der Waals surface area contributed by atoms with E-state index < -0.39 is 5.97 Å². The topological polar surface area (TPSA) is 57.6 Å². The van der Waals surface area contributed by atoms with Crippen molar-refractivity contribution in [2.24, 2.45) is 5.41 Å². The molecule has 1 heterocycles. The molecule has 1 saturated heterocycles. The average molecular weight is 259 g/mol. The number of carbonyl (C=O) groups is 2. The first-order valence-electron chi connectivity index (χ1n) is 4.69. The Morgan fingerprint density at radius 2 is 2.12 bits per heavy atom. The number of hydrogen-bond donors (Lipinski definition) is 1. The third-order valence-electron chi connectivity index (χ3n) is 1.73. The fourth-order valence-electron chi connectivity index (χ4n) is 1.16. The number of hydrogen-bond acceptors (Lipinski definition) is 4. The number of carboxylic acid groups (broad SMARTS) is 1. The highest BCUT2D eigenvalue weighted by Gasteiger charge is 2.34. The summed E-state index contributed by atoms with van der Waals surface area (Å²) in [4.78, 5) is 24.0. The molecule has 1 aliphatic rings. The SMILES string of the molecule is CC(C)(C)/C=C1/SC(=S)N(CC(=O)O)C1=O. The molecule has 88 valence electrons. The van der Waals surface area contributed by atoms with Crippen LogP contribution in [0.25, 0.3) is 0 Å². The molecule has 1 N–H and O–H groups in total. The first kappa shape index (κ1) is 13.2. The molecule has 0 radical (unpaired) electrons. The fourth-order valence-corrected chi connectivity index (χ4v) is 2.64. The van der Waals surface area contributed by atoms with Crippen LogP contribution >= 0.6 is 24.0 Å². The van der Waals surface area contributed by atoms with Crippen molar-refractivity contribution >= 4 is 40.2 Å². The summed E-state index contributed by atoms with van der Waals surface area (Å²) in [6.45, 7) is 5.54. The maximum Gasteiger partial charge on any atom is 0.323 e. The van der Waals surface area contributed by atoms with E-state index in [0.29, 0.717) is 9.23 Å². The number of amides is 1. The average Bonchev–Trinajstić information content (AvgIpc) is 2.29. The van der Waals surface area contributed by atoms with Gasteiger partial charge in [-0.3, -0.25) is 14.5 Å². The van der Waals surface area contributed by atoms with Gasteiger partial charge in [-0.05, 0) is 5.41 Å². The third kappa shape index (κ3) is 3.31. The van der Waals surface area contributed by atoms with Crippen LogP contribution in [0.15, 0.2) is 11.0 Å². The standard InChI is InChI=1S/C10H13NO3S2/c1-10(2,3)4-6-8(14)11(5-7(12)13)9(15)16-6/h4H,5H2,1-3H3,(H,12,13)/b6-4+. The van der Waals surface area contributed by atoms with E-state index in [4.69, 9.17) is 17.3 Å². The second kappa shape index (κ2) is 4.55. The second-order valence-electron chi connectivity index (χ2n) is 4.53. The predicted molar refractivity (Wildman–Crippen MR) is 67.1 cm³/mol. The lowest BCUT2D eigenvalue weighted by Crippen LogP contribution is -2.33. The van der Waals surface area contributed by atoms with E-state index in [1.165, 1.54) is 0 Å². The van der Waals surface area contributed by atoms with Crippen LogP contribution in [0.3, 0.4) is 0 Å². The summed E-state index contributed by atoms with van der Waals surface area (Å²) < 4.78 is 0.308. The maximum atomic E-state index is 11.8. The van der Waals surface area contributed by atoms with Crippen LogP contribution in [0.4, 0.5) is 0 Å². The first-order chi connectivity index (χ1) is 7.20. The van der Waals surface area contributed by atoms with Crippen molar-refractivity contribution in [1.82, 2.24) is 4.90 Å². The molecule has 0 aliphatic carbocycles. The molecule has 0 spiro atoms. The number of thiocarbonyl (C=S) groups is 1. The Hall–Kier alpha value is -0.880. The Balaban J connectivity index is 2.91. The molecule has 0 bridgehead atoms. The molecular weight excluding hydrogens is 246 g/mol. The molecule has 6 heteroatoms. The van der Waals surface area contributed by atoms with Crippen LogP contribution in [0, 0.1) is 5.41 Å². The minimum atomic E-state index is -1.06. The van der Waals surface area contributed by atoms with Crippen molar-refractivity contribution in [3.63, 3.8) is 0 Å². The van der Waals surface area contributed by atoms with Crippen LogP contribution in [-0.4, -0.2) is 32.7 Å². The van der Waals surface area contributed by atoms with Crippen LogP contribution in [0.5, 0.6) is 0 Å². The summed E-state index contributed by atoms with van der Waals surface area (Å²) in [6.07, 6.45) is 1.81. The van der Waals surface area contributed by atoms with Crippen molar-refractivity contribution in [2.45, 2.75) is 20.8 Å². The summed E-state index contributed by atoms with van der Waals surface area (Å²) in [5, 5.41) is 8.65. The zero-order valence-corrected chi connectivity index (χ0v) is 10.9. The van der Waals surface area contributed by atoms with Gasteiger partial charge in [0.15, 0.2) is 0 Å². The smallest absolute Gasteiger partial charge is 0.323 e. The van der Waals surface area contributed by atoms with Gasteiger partial charge in [-0.1, -0.05) is 50.8 Å². The third-order valence-corrected chi connectivity index (χ3v) is 3.11. The van der Waals surface area contributed by atoms with Gasteiger partial charge in [-0.25, -0.2) is 0 Å². The molecule has 1 amide bonds. The second-order valence-corrected chi connectivity index (χ2v) is 6.20. The van der Waals surface area contributed by atoms with Crippen LogP contribution < -0.4 is 0 Å². The van der Waals surface area contributed by atoms with Gasteiger partial charge >= 0.3 is 5.97 Å². The van der Waals surface area contributed by atoms with Gasteiger partial charge < -0.3 is 5.11 Å². The molecule has 0 atom stereocenters. The van der Waals surface area contributed by atoms with Gasteiger partial charge in [-0.2, -0.15) is 0 Å². The monoisotopic (exact) mass is 259 g/mol. The number of carbonyl (C=O) groups excluding carboxylic acids is 1. The Kier molecular flexibility index (Phi) is 3.75. The lowest BCUT2D eigenvalue weighted by Gasteiger charge is -2.13. The van der Waals surface area contributed by atoms with Crippen molar-refractivity contribution in [2.75, 3.05) is 6.54 Å². The Bertz CT molecular complexity index is 382. The summed E-state index contributed by atoms with van der Waals surface area (Å²) >= 11 is 6.12. The summed E-state index contributed by atoms with van der Waals surface area (Å²) in [7, 11) is 0. The van der Waals surface area contributed by atoms with Crippen LogP contribution in [0.2, 0.25) is 0 Å². The van der Waals surface area contributed by atoms with E-state index in [1.807, 2.05) is 26.8 Å². The number of nitrogens with zero attached hydrogens (tertiary/aromatic N) is 1. The Morgan fingerprint density at radius 3 is 2.56 bits per heavy atom. The Labute approximate surface area is 104 Å². The van der Waals surface area contributed by atoms with Crippen LogP contribution in [-0.2, 0) is 9.59 Å². The van der Waals surface area contributed by atoms with Gasteiger partial charge in [0.05, 0.1) is 4.91 Å². The summed E-state index contributed by atoms with van der Waals surface area (Å²) in [6, 6.07) is 0. The van der Waals surface area contributed by atoms with E-state index in [1.54, 1.807) is 0 Å². The van der Waals surface area contributed by atoms with Gasteiger partial charge in [0.2, 0.25) is 0 Å². The molecule has 0 unspecified atom stereocenters. The quantitative estimate of drug-likeness (QED) is 0.606. The number of aliphatic carboxylic acids is 1. The molecule has 1 fully saturated rings. The van der Waals surface area contributed by atoms with E-state index in [0.717, 1.165) is 16.7 Å². The van der Waals surface area contributed by atoms with Gasteiger partial charge in [0, 0.05) is 0 Å². The highest BCUT2D eigenvalue weighted by molar-refractivity contribution is 8.26. The van der Waals surface area contributed by atoms with Crippen molar-refractivity contribution in [3.8, 4) is 0 Å². The molecule has 0 aromatic carbocycles. The molecule has 1 aliphatic heterocycles. The Morgan fingerprint density at radius 1 is 1.56 bits per heavy atom. The largest absolute Gasteiger partial charge is 0.480 e. The maximum absolute atomic E-state index is 11.8. The van der Waals surface area contributed by atoms with Gasteiger partial charge in [-0.15, -0.1) is 0 Å². The zero-order valence-electron chi connectivity index (χ0n) is 9.31. The highest BCUT2D eigenvalue weighted by Crippen LogP contribution is 2.33. The van der Waals surface area contributed by atoms with Crippen molar-refractivity contribution in [3.05, 3.63) is 11.0 Å². The molecule has 0 saturated carbocycles. The first-order valence-corrected chi connectivity index (χ1v) is 5.91. The number of carboxylic acids is 1. The predicted octanol–water partition coefficient (Wildman–Crippen LogP) is 1.86. The summed E-state index contributed by atoms with van der Waals surface area (Å²) in [5.74, 6) is -1.37. The number of rotatable bonds is 2. The lowest BCUT2D eigenvalue weighted by atomic mass is 9.96. The summed E-state index contributed by atoms with van der Waals surface area (Å²) in [5.41, 5.74) is -0.132. The molecule has 0 aromatic heterocycles. The van der Waals surface area contributed by atoms with E-state index >= 15 is 0 Å². The minimum Gasteiger partial charge on any atom is -0.480 e. The van der Waals surface area contributed by atoms with Crippen LogP contribution in [0.1, 0.15) is 20.8 Å². The lowest BCUT2D eigenvalue weighted by molar-refractivity contribution is -0.140. The van der Waals surface area contributed by atoms with Crippen molar-refractivity contribution < 1.29 is 14.7 Å². The van der Waals surface area contributed by atoms with Crippen molar-refractivity contribution in [1.29, 1.82) is 0 Å². The van der Waals surface area contributed by atoms with E-state index in [2.05, 4.69) is 0 Å². The van der Waals surface area contributed by atoms with E-state index in [9.17, 15) is 9.59 Å². The zero-order chi connectivity index (χ0) is 12.5. The molecule has 1 rings (SSSR count). The number of allylic oxidation sites excluding steroid dienone is 1. The van der Waals surface area contributed by atoms with E-state index in [-0.39, 0.29) is 17.9 Å². The molecule has 16 heavy (non-hydrogen) atoms. The van der Waals surface area contributed by atoms with Gasteiger partial charge in [0.25, 0.3) is 5.91 Å². The molecule has 4 nitrogen and oxygen atoms in total. The minimum absolute atomic E-state index is 0.132. The highest BCUT2D eigenvalue weighted by atomic mass is 32.2. The number of thioether (sulfide) groups is 1. The molecule has 0 aromatic rings. The fraction of sp³-hybridized carbons (Fsp3) is 0.500. The van der Waals surface area contributed by atoms with Gasteiger partial charge in [0.1, 0.15) is 10.9 Å².